The first kappa shape index (κ1) is 13.9. The lowest BCUT2D eigenvalue weighted by atomic mass is 9.92. The molecule has 1 heterocycles. The molecule has 0 bridgehead atoms. The van der Waals surface area contributed by atoms with E-state index in [0.717, 1.165) is 19.4 Å². The highest BCUT2D eigenvalue weighted by Gasteiger charge is 2.32. The number of hydrogen-bond acceptors (Lipinski definition) is 4. The Morgan fingerprint density at radius 1 is 1.47 bits per heavy atom. The van der Waals surface area contributed by atoms with Crippen molar-refractivity contribution in [3.05, 3.63) is 0 Å². The van der Waals surface area contributed by atoms with E-state index in [0.29, 0.717) is 0 Å². The maximum Gasteiger partial charge on any atom is 0.328 e. The molecular formula is C11H20N2O4. The van der Waals surface area contributed by atoms with Crippen LogP contribution in [0.1, 0.15) is 26.7 Å². The molecule has 0 aromatic carbocycles. The van der Waals surface area contributed by atoms with Gasteiger partial charge in [0.05, 0.1) is 12.1 Å². The van der Waals surface area contributed by atoms with Gasteiger partial charge in [-0.15, -0.1) is 0 Å². The number of piperidine rings is 1. The molecule has 6 nitrogen and oxygen atoms in total. The van der Waals surface area contributed by atoms with Gasteiger partial charge in [0.15, 0.2) is 6.04 Å². The second kappa shape index (κ2) is 5.97. The Bertz CT molecular complexity index is 293. The molecule has 0 aromatic heterocycles. The number of hydrogen-bond donors (Lipinski definition) is 4. The fraction of sp³-hybridized carbons (Fsp3) is 0.818. The van der Waals surface area contributed by atoms with Gasteiger partial charge in [-0.3, -0.25) is 4.79 Å². The lowest BCUT2D eigenvalue weighted by molar-refractivity contribution is -0.145. The van der Waals surface area contributed by atoms with E-state index in [1.807, 2.05) is 6.92 Å². The van der Waals surface area contributed by atoms with E-state index in [4.69, 9.17) is 5.11 Å². The Morgan fingerprint density at radius 3 is 2.59 bits per heavy atom. The van der Waals surface area contributed by atoms with Crippen molar-refractivity contribution in [3.63, 3.8) is 0 Å². The van der Waals surface area contributed by atoms with Crippen LogP contribution in [0.5, 0.6) is 0 Å². The Hall–Kier alpha value is -1.14. The average molecular weight is 244 g/mol. The molecule has 98 valence electrons. The van der Waals surface area contributed by atoms with Crippen LogP contribution in [-0.2, 0) is 9.59 Å². The summed E-state index contributed by atoms with van der Waals surface area (Å²) in [5.74, 6) is -1.41. The van der Waals surface area contributed by atoms with E-state index in [2.05, 4.69) is 10.6 Å². The largest absolute Gasteiger partial charge is 0.480 e. The van der Waals surface area contributed by atoms with Crippen LogP contribution in [0.25, 0.3) is 0 Å². The summed E-state index contributed by atoms with van der Waals surface area (Å²) in [5, 5.41) is 23.6. The Kier molecular flexibility index (Phi) is 4.89. The molecule has 6 heteroatoms. The van der Waals surface area contributed by atoms with Gasteiger partial charge in [0.25, 0.3) is 0 Å². The van der Waals surface area contributed by atoms with E-state index in [1.165, 1.54) is 6.92 Å². The standard InChI is InChI=1S/C11H20N2O4/c1-6-4-3-5-12-8(6)10(15)13-9(7(2)14)11(16)17/h6-9,12,14H,3-5H2,1-2H3,(H,13,15)(H,16,17). The zero-order valence-electron chi connectivity index (χ0n) is 10.1. The van der Waals surface area contributed by atoms with Gasteiger partial charge < -0.3 is 20.8 Å². The van der Waals surface area contributed by atoms with Crippen molar-refractivity contribution in [1.29, 1.82) is 0 Å². The first-order valence-corrected chi connectivity index (χ1v) is 5.88. The quantitative estimate of drug-likeness (QED) is 0.525. The molecule has 4 unspecified atom stereocenters. The number of carboxylic acids is 1. The molecule has 1 rings (SSSR count). The van der Waals surface area contributed by atoms with Crippen LogP contribution >= 0.6 is 0 Å². The summed E-state index contributed by atoms with van der Waals surface area (Å²) in [6.07, 6.45) is 0.844. The molecule has 17 heavy (non-hydrogen) atoms. The molecule has 1 saturated heterocycles. The molecule has 0 aromatic rings. The highest BCUT2D eigenvalue weighted by molar-refractivity contribution is 5.87. The Balaban J connectivity index is 2.60. The summed E-state index contributed by atoms with van der Waals surface area (Å²) < 4.78 is 0. The summed E-state index contributed by atoms with van der Waals surface area (Å²) >= 11 is 0. The summed E-state index contributed by atoms with van der Waals surface area (Å²) in [5.41, 5.74) is 0. The summed E-state index contributed by atoms with van der Waals surface area (Å²) in [6, 6.07) is -1.62. The maximum absolute atomic E-state index is 11.9. The number of carbonyl (C=O) groups excluding carboxylic acids is 1. The normalized spacial score (nSPS) is 28.2. The smallest absolute Gasteiger partial charge is 0.328 e. The van der Waals surface area contributed by atoms with Crippen LogP contribution in [-0.4, -0.2) is 46.8 Å². The van der Waals surface area contributed by atoms with Crippen LogP contribution in [0.15, 0.2) is 0 Å². The van der Waals surface area contributed by atoms with Gasteiger partial charge in [0.1, 0.15) is 0 Å². The van der Waals surface area contributed by atoms with Crippen molar-refractivity contribution >= 4 is 11.9 Å². The SMILES string of the molecule is CC(O)C(NC(=O)C1NCCCC1C)C(=O)O. The van der Waals surface area contributed by atoms with Gasteiger partial charge in [-0.2, -0.15) is 0 Å². The molecule has 0 spiro atoms. The molecule has 0 saturated carbocycles. The minimum atomic E-state index is -1.25. The van der Waals surface area contributed by atoms with Gasteiger partial charge in [-0.05, 0) is 32.2 Å². The number of carbonyl (C=O) groups is 2. The Morgan fingerprint density at radius 2 is 2.12 bits per heavy atom. The maximum atomic E-state index is 11.9. The van der Waals surface area contributed by atoms with Crippen LogP contribution in [0, 0.1) is 5.92 Å². The summed E-state index contributed by atoms with van der Waals surface area (Å²) in [7, 11) is 0. The van der Waals surface area contributed by atoms with E-state index >= 15 is 0 Å². The highest BCUT2D eigenvalue weighted by atomic mass is 16.4. The minimum Gasteiger partial charge on any atom is -0.480 e. The monoisotopic (exact) mass is 244 g/mol. The van der Waals surface area contributed by atoms with E-state index in [1.54, 1.807) is 0 Å². The number of carboxylic acid groups (broad SMARTS) is 1. The van der Waals surface area contributed by atoms with Crippen molar-refractivity contribution in [2.45, 2.75) is 44.9 Å². The van der Waals surface area contributed by atoms with Crippen molar-refractivity contribution in [2.75, 3.05) is 6.54 Å². The van der Waals surface area contributed by atoms with Crippen molar-refractivity contribution < 1.29 is 19.8 Å². The first-order chi connectivity index (χ1) is 7.93. The fourth-order valence-electron chi connectivity index (χ4n) is 2.03. The van der Waals surface area contributed by atoms with Gasteiger partial charge in [-0.25, -0.2) is 4.79 Å². The lowest BCUT2D eigenvalue weighted by Crippen LogP contribution is -2.56. The van der Waals surface area contributed by atoms with E-state index < -0.39 is 18.1 Å². The minimum absolute atomic E-state index is 0.173. The molecule has 1 aliphatic rings. The average Bonchev–Trinajstić information content (AvgIpc) is 2.25. The number of aliphatic hydroxyl groups is 1. The number of aliphatic hydroxyl groups excluding tert-OH is 1. The number of nitrogens with one attached hydrogen (secondary N) is 2. The highest BCUT2D eigenvalue weighted by Crippen LogP contribution is 2.15. The van der Waals surface area contributed by atoms with Gasteiger partial charge in [0.2, 0.25) is 5.91 Å². The summed E-state index contributed by atoms with van der Waals surface area (Å²) in [4.78, 5) is 22.7. The van der Waals surface area contributed by atoms with E-state index in [-0.39, 0.29) is 17.9 Å². The van der Waals surface area contributed by atoms with Crippen LogP contribution in [0.4, 0.5) is 0 Å². The molecular weight excluding hydrogens is 224 g/mol. The molecule has 1 amide bonds. The predicted molar refractivity (Wildman–Crippen MR) is 61.4 cm³/mol. The van der Waals surface area contributed by atoms with Crippen LogP contribution in [0.3, 0.4) is 0 Å². The molecule has 1 aliphatic heterocycles. The zero-order valence-corrected chi connectivity index (χ0v) is 10.1. The Labute approximate surface area is 100 Å². The second-order valence-electron chi connectivity index (χ2n) is 4.62. The molecule has 4 N–H and O–H groups in total. The van der Waals surface area contributed by atoms with Crippen LogP contribution < -0.4 is 10.6 Å². The van der Waals surface area contributed by atoms with Crippen molar-refractivity contribution in [1.82, 2.24) is 10.6 Å². The van der Waals surface area contributed by atoms with Crippen molar-refractivity contribution in [3.8, 4) is 0 Å². The molecule has 4 atom stereocenters. The van der Waals surface area contributed by atoms with Crippen molar-refractivity contribution in [2.24, 2.45) is 5.92 Å². The van der Waals surface area contributed by atoms with E-state index in [9.17, 15) is 14.7 Å². The van der Waals surface area contributed by atoms with Crippen LogP contribution in [0.2, 0.25) is 0 Å². The predicted octanol–water partition coefficient (Wildman–Crippen LogP) is -0.675. The molecule has 0 radical (unpaired) electrons. The number of rotatable bonds is 4. The van der Waals surface area contributed by atoms with Gasteiger partial charge in [0, 0.05) is 0 Å². The van der Waals surface area contributed by atoms with Gasteiger partial charge >= 0.3 is 5.97 Å². The fourth-order valence-corrected chi connectivity index (χ4v) is 2.03. The number of amides is 1. The molecule has 0 aliphatic carbocycles. The molecule has 1 fully saturated rings. The number of aliphatic carboxylic acids is 1. The topological polar surface area (TPSA) is 98.7 Å². The lowest BCUT2D eigenvalue weighted by Gasteiger charge is -2.30. The summed E-state index contributed by atoms with van der Waals surface area (Å²) in [6.45, 7) is 4.06. The first-order valence-electron chi connectivity index (χ1n) is 5.88. The third-order valence-corrected chi connectivity index (χ3v) is 3.10. The second-order valence-corrected chi connectivity index (χ2v) is 4.62. The third kappa shape index (κ3) is 3.67. The zero-order chi connectivity index (χ0) is 13.0. The third-order valence-electron chi connectivity index (χ3n) is 3.10. The van der Waals surface area contributed by atoms with Gasteiger partial charge in [-0.1, -0.05) is 6.92 Å².